The molecule has 2 saturated heterocycles. The number of rotatable bonds is 4. The molecule has 0 aliphatic carbocycles. The second kappa shape index (κ2) is 8.48. The Balaban J connectivity index is 1.41. The Bertz CT molecular complexity index is 797. The minimum atomic E-state index is 0.632. The Morgan fingerprint density at radius 1 is 1.00 bits per heavy atom. The second-order valence-electron chi connectivity index (χ2n) is 8.17. The molecule has 28 heavy (non-hydrogen) atoms. The standard InChI is InChI=1S/C23H33N5/c1-4-20-16-24-19(3)25-23(20)28-11-7-9-21(17-28)26-12-14-27(15-13-26)22-10-6-5-8-18(22)2/h5-6,8,10,16,21H,4,7,9,11-15,17H2,1-3H3/t21-/m1/s1. The van der Waals surface area contributed by atoms with E-state index >= 15 is 0 Å². The van der Waals surface area contributed by atoms with Crippen molar-refractivity contribution in [2.75, 3.05) is 49.1 Å². The first-order valence-electron chi connectivity index (χ1n) is 10.8. The van der Waals surface area contributed by atoms with E-state index in [1.54, 1.807) is 0 Å². The Labute approximate surface area is 169 Å². The van der Waals surface area contributed by atoms with Gasteiger partial charge in [0.2, 0.25) is 0 Å². The summed E-state index contributed by atoms with van der Waals surface area (Å²) in [6.45, 7) is 13.2. The molecule has 4 rings (SSSR count). The molecule has 0 saturated carbocycles. The number of hydrogen-bond acceptors (Lipinski definition) is 5. The van der Waals surface area contributed by atoms with Crippen molar-refractivity contribution < 1.29 is 0 Å². The van der Waals surface area contributed by atoms with E-state index in [9.17, 15) is 0 Å². The maximum Gasteiger partial charge on any atom is 0.135 e. The molecule has 0 N–H and O–H groups in total. The van der Waals surface area contributed by atoms with E-state index in [1.165, 1.54) is 35.5 Å². The Kier molecular flexibility index (Phi) is 5.81. The van der Waals surface area contributed by atoms with Crippen molar-refractivity contribution in [2.45, 2.75) is 46.1 Å². The van der Waals surface area contributed by atoms with Gasteiger partial charge in [0.1, 0.15) is 11.6 Å². The molecule has 5 heteroatoms. The lowest BCUT2D eigenvalue weighted by Crippen LogP contribution is -2.55. The summed E-state index contributed by atoms with van der Waals surface area (Å²) in [4.78, 5) is 17.0. The van der Waals surface area contributed by atoms with Crippen LogP contribution in [0.25, 0.3) is 0 Å². The smallest absolute Gasteiger partial charge is 0.135 e. The molecule has 0 amide bonds. The normalized spacial score (nSPS) is 21.2. The first-order valence-corrected chi connectivity index (χ1v) is 10.8. The highest BCUT2D eigenvalue weighted by molar-refractivity contribution is 5.53. The number of hydrogen-bond donors (Lipinski definition) is 0. The molecule has 0 radical (unpaired) electrons. The summed E-state index contributed by atoms with van der Waals surface area (Å²) in [6.07, 6.45) is 5.55. The largest absolute Gasteiger partial charge is 0.369 e. The van der Waals surface area contributed by atoms with Gasteiger partial charge in [-0.2, -0.15) is 0 Å². The van der Waals surface area contributed by atoms with E-state index in [-0.39, 0.29) is 0 Å². The lowest BCUT2D eigenvalue weighted by molar-refractivity contribution is 0.166. The van der Waals surface area contributed by atoms with Gasteiger partial charge in [-0.05, 0) is 44.7 Å². The van der Waals surface area contributed by atoms with Gasteiger partial charge in [0.05, 0.1) is 0 Å². The molecule has 1 aromatic carbocycles. The number of para-hydroxylation sites is 1. The van der Waals surface area contributed by atoms with Crippen molar-refractivity contribution in [3.05, 3.63) is 47.4 Å². The minimum Gasteiger partial charge on any atom is -0.369 e. The molecule has 2 aromatic rings. The lowest BCUT2D eigenvalue weighted by atomic mass is 10.0. The van der Waals surface area contributed by atoms with Crippen molar-refractivity contribution in [3.63, 3.8) is 0 Å². The van der Waals surface area contributed by atoms with Crippen molar-refractivity contribution >= 4 is 11.5 Å². The van der Waals surface area contributed by atoms with Crippen LogP contribution in [0.3, 0.4) is 0 Å². The second-order valence-corrected chi connectivity index (χ2v) is 8.17. The van der Waals surface area contributed by atoms with E-state index in [4.69, 9.17) is 4.98 Å². The zero-order chi connectivity index (χ0) is 19.5. The molecule has 5 nitrogen and oxygen atoms in total. The number of piperidine rings is 1. The van der Waals surface area contributed by atoms with Gasteiger partial charge in [0, 0.05) is 62.8 Å². The van der Waals surface area contributed by atoms with Gasteiger partial charge < -0.3 is 9.80 Å². The fraction of sp³-hybridized carbons (Fsp3) is 0.565. The van der Waals surface area contributed by atoms with Crippen LogP contribution in [0.5, 0.6) is 0 Å². The molecule has 0 bridgehead atoms. The maximum absolute atomic E-state index is 4.80. The number of aromatic nitrogens is 2. The van der Waals surface area contributed by atoms with Gasteiger partial charge in [-0.15, -0.1) is 0 Å². The highest BCUT2D eigenvalue weighted by atomic mass is 15.3. The van der Waals surface area contributed by atoms with Gasteiger partial charge in [0.15, 0.2) is 0 Å². The SMILES string of the molecule is CCc1cnc(C)nc1N1CCC[C@@H](N2CCN(c3ccccc3C)CC2)C1. The van der Waals surface area contributed by atoms with Crippen LogP contribution in [0.4, 0.5) is 11.5 Å². The van der Waals surface area contributed by atoms with Crippen molar-refractivity contribution in [1.29, 1.82) is 0 Å². The van der Waals surface area contributed by atoms with Gasteiger partial charge in [-0.3, -0.25) is 4.90 Å². The first-order chi connectivity index (χ1) is 13.7. The molecule has 2 aliphatic heterocycles. The van der Waals surface area contributed by atoms with Crippen LogP contribution >= 0.6 is 0 Å². The zero-order valence-corrected chi connectivity index (χ0v) is 17.6. The molecule has 2 aliphatic rings. The summed E-state index contributed by atoms with van der Waals surface area (Å²) in [6, 6.07) is 9.40. The third kappa shape index (κ3) is 4.00. The summed E-state index contributed by atoms with van der Waals surface area (Å²) < 4.78 is 0. The fourth-order valence-corrected chi connectivity index (χ4v) is 4.70. The summed E-state index contributed by atoms with van der Waals surface area (Å²) in [5, 5.41) is 0. The van der Waals surface area contributed by atoms with Gasteiger partial charge >= 0.3 is 0 Å². The van der Waals surface area contributed by atoms with Crippen molar-refractivity contribution in [2.24, 2.45) is 0 Å². The average Bonchev–Trinajstić information content (AvgIpc) is 2.74. The van der Waals surface area contributed by atoms with E-state index in [0.29, 0.717) is 6.04 Å². The third-order valence-electron chi connectivity index (χ3n) is 6.33. The molecule has 150 valence electrons. The number of nitrogens with zero attached hydrogens (tertiary/aromatic N) is 5. The highest BCUT2D eigenvalue weighted by Crippen LogP contribution is 2.26. The Hall–Kier alpha value is -2.14. The number of anilines is 2. The molecular formula is C23H33N5. The Morgan fingerprint density at radius 3 is 2.54 bits per heavy atom. The summed E-state index contributed by atoms with van der Waals surface area (Å²) in [5.41, 5.74) is 4.05. The summed E-state index contributed by atoms with van der Waals surface area (Å²) >= 11 is 0. The van der Waals surface area contributed by atoms with Crippen molar-refractivity contribution in [3.8, 4) is 0 Å². The zero-order valence-electron chi connectivity index (χ0n) is 17.6. The van der Waals surface area contributed by atoms with E-state index in [1.807, 2.05) is 13.1 Å². The van der Waals surface area contributed by atoms with Crippen LogP contribution < -0.4 is 9.80 Å². The molecule has 0 unspecified atom stereocenters. The number of piperazine rings is 1. The average molecular weight is 380 g/mol. The third-order valence-corrected chi connectivity index (χ3v) is 6.33. The van der Waals surface area contributed by atoms with Crippen LogP contribution in [0.15, 0.2) is 30.5 Å². The minimum absolute atomic E-state index is 0.632. The van der Waals surface area contributed by atoms with Crippen LogP contribution in [0.1, 0.15) is 36.7 Å². The quantitative estimate of drug-likeness (QED) is 0.813. The van der Waals surface area contributed by atoms with Crippen LogP contribution in [0.2, 0.25) is 0 Å². The van der Waals surface area contributed by atoms with E-state index < -0.39 is 0 Å². The predicted molar refractivity (Wildman–Crippen MR) is 116 cm³/mol. The number of benzene rings is 1. The molecule has 1 aromatic heterocycles. The molecular weight excluding hydrogens is 346 g/mol. The maximum atomic E-state index is 4.80. The molecule has 1 atom stereocenters. The number of aryl methyl sites for hydroxylation is 3. The van der Waals surface area contributed by atoms with Crippen LogP contribution in [0, 0.1) is 13.8 Å². The fourth-order valence-electron chi connectivity index (χ4n) is 4.70. The van der Waals surface area contributed by atoms with Crippen LogP contribution in [-0.2, 0) is 6.42 Å². The van der Waals surface area contributed by atoms with Gasteiger partial charge in [-0.25, -0.2) is 9.97 Å². The highest BCUT2D eigenvalue weighted by Gasteiger charge is 2.29. The predicted octanol–water partition coefficient (Wildman–Crippen LogP) is 3.45. The van der Waals surface area contributed by atoms with Gasteiger partial charge in [-0.1, -0.05) is 25.1 Å². The first kappa shape index (κ1) is 19.2. The molecule has 3 heterocycles. The van der Waals surface area contributed by atoms with E-state index in [2.05, 4.69) is 57.8 Å². The lowest BCUT2D eigenvalue weighted by Gasteiger charge is -2.44. The summed E-state index contributed by atoms with van der Waals surface area (Å²) in [5.74, 6) is 2.04. The van der Waals surface area contributed by atoms with E-state index in [0.717, 1.165) is 51.5 Å². The van der Waals surface area contributed by atoms with Crippen molar-refractivity contribution in [1.82, 2.24) is 14.9 Å². The molecule has 2 fully saturated rings. The van der Waals surface area contributed by atoms with Gasteiger partial charge in [0.25, 0.3) is 0 Å². The Morgan fingerprint density at radius 2 is 1.79 bits per heavy atom. The molecule has 0 spiro atoms. The summed E-state index contributed by atoms with van der Waals surface area (Å²) in [7, 11) is 0. The topological polar surface area (TPSA) is 35.5 Å². The van der Waals surface area contributed by atoms with Crippen LogP contribution in [-0.4, -0.2) is 60.2 Å². The monoisotopic (exact) mass is 379 g/mol.